The highest BCUT2D eigenvalue weighted by atomic mass is 32.2. The van der Waals surface area contributed by atoms with E-state index in [1.165, 1.54) is 28.0 Å². The second-order valence-corrected chi connectivity index (χ2v) is 20.7. The number of amides is 2. The maximum Gasteiger partial charge on any atom is 0.355 e. The Balaban J connectivity index is 0.979. The summed E-state index contributed by atoms with van der Waals surface area (Å²) in [7, 11) is 1.59. The van der Waals surface area contributed by atoms with E-state index in [4.69, 9.17) is 24.5 Å². The van der Waals surface area contributed by atoms with Crippen molar-refractivity contribution in [1.29, 1.82) is 0 Å². The molecule has 3 aliphatic rings. The van der Waals surface area contributed by atoms with Gasteiger partial charge >= 0.3 is 5.97 Å². The molecule has 11 rings (SSSR count). The number of fused-ring (bicyclic) bond motifs is 1. The summed E-state index contributed by atoms with van der Waals surface area (Å²) in [5.41, 5.74) is 5.41. The first kappa shape index (κ1) is 49.7. The van der Waals surface area contributed by atoms with Gasteiger partial charge in [0, 0.05) is 27.8 Å². The molecule has 1 aliphatic carbocycles. The number of thioether (sulfide) groups is 1. The molecule has 2 N–H and O–H groups in total. The number of methoxy groups -OCH3 is 1. The van der Waals surface area contributed by atoms with Gasteiger partial charge in [0.15, 0.2) is 10.8 Å². The molecular weight excluding hydrogens is 987 g/mol. The van der Waals surface area contributed by atoms with Crippen LogP contribution in [0.2, 0.25) is 0 Å². The van der Waals surface area contributed by atoms with E-state index in [0.29, 0.717) is 22.2 Å². The van der Waals surface area contributed by atoms with Gasteiger partial charge in [0.05, 0.1) is 7.11 Å². The fraction of sp³-hybridized carbons (Fsp3) is 0.159. The summed E-state index contributed by atoms with van der Waals surface area (Å²) in [6, 6.07) is 66.0. The molecule has 2 aliphatic heterocycles. The number of allylic oxidation sites excluding steroid dienone is 1. The van der Waals surface area contributed by atoms with Gasteiger partial charge in [0.25, 0.3) is 11.8 Å². The van der Waals surface area contributed by atoms with Crippen molar-refractivity contribution < 1.29 is 28.7 Å². The average Bonchev–Trinajstić information content (AvgIpc) is 4.36. The van der Waals surface area contributed by atoms with Gasteiger partial charge in [-0.3, -0.25) is 14.5 Å². The fourth-order valence-electron chi connectivity index (χ4n) is 10.1. The third-order valence-electron chi connectivity index (χ3n) is 14.1. The molecule has 11 nitrogen and oxygen atoms in total. The standard InChI is InChI=1S/C63H53N5O6S2/c1-42(44-35-36-44)52-40-75-59-55(58(70)68(59)56(52)60(71)73-39-43-33-37-51(72-2)38-34-43)65-57(69)54(67-74-63(48-27-15-6-16-28-48,49-29-17-7-18-30-49)50-31-19-8-20-32-50)53-41-76-61(64-53)66-62(45-21-9-3-10-22-45,46-23-11-4-12-24-46)47-25-13-5-14-26-47/h3-34,37-38,41,44,55,59H,1,35-36,39-40H2,2H3,(H,64,66)(H,65,69)/b67-54-/t55-,59+/m1/s1. The number of ether oxygens (including phenoxy) is 2. The van der Waals surface area contributed by atoms with Crippen LogP contribution in [-0.2, 0) is 41.7 Å². The minimum Gasteiger partial charge on any atom is -0.497 e. The molecule has 3 heterocycles. The normalized spacial score (nSPS) is 16.5. The van der Waals surface area contributed by atoms with Gasteiger partial charge < -0.3 is 24.9 Å². The molecule has 2 amide bonds. The van der Waals surface area contributed by atoms with Gasteiger partial charge in [-0.15, -0.1) is 23.1 Å². The number of anilines is 1. The molecule has 0 radical (unpaired) electrons. The molecule has 0 unspecified atom stereocenters. The largest absolute Gasteiger partial charge is 0.497 e. The van der Waals surface area contributed by atoms with Crippen LogP contribution in [0.15, 0.2) is 240 Å². The summed E-state index contributed by atoms with van der Waals surface area (Å²) < 4.78 is 11.2. The van der Waals surface area contributed by atoms with Crippen molar-refractivity contribution in [1.82, 2.24) is 15.2 Å². The Morgan fingerprint density at radius 2 is 1.18 bits per heavy atom. The molecule has 1 aromatic heterocycles. The van der Waals surface area contributed by atoms with Crippen molar-refractivity contribution >= 4 is 51.7 Å². The van der Waals surface area contributed by atoms with Gasteiger partial charge in [0.2, 0.25) is 5.60 Å². The van der Waals surface area contributed by atoms with Crippen molar-refractivity contribution in [3.8, 4) is 5.75 Å². The number of aromatic nitrogens is 1. The number of hydrogen-bond acceptors (Lipinski definition) is 11. The van der Waals surface area contributed by atoms with E-state index in [1.807, 2.05) is 158 Å². The van der Waals surface area contributed by atoms with Gasteiger partial charge in [0.1, 0.15) is 40.7 Å². The van der Waals surface area contributed by atoms with Gasteiger partial charge in [-0.25, -0.2) is 9.78 Å². The molecule has 13 heteroatoms. The van der Waals surface area contributed by atoms with Crippen LogP contribution in [0.5, 0.6) is 5.75 Å². The topological polar surface area (TPSA) is 131 Å². The highest BCUT2D eigenvalue weighted by molar-refractivity contribution is 8.00. The lowest BCUT2D eigenvalue weighted by molar-refractivity contribution is -0.153. The third-order valence-corrected chi connectivity index (χ3v) is 16.2. The lowest BCUT2D eigenvalue weighted by atomic mass is 9.77. The molecule has 2 atom stereocenters. The van der Waals surface area contributed by atoms with Crippen molar-refractivity contribution in [2.45, 2.75) is 42.0 Å². The van der Waals surface area contributed by atoms with Crippen molar-refractivity contribution in [2.24, 2.45) is 11.1 Å². The van der Waals surface area contributed by atoms with Crippen molar-refractivity contribution in [3.63, 3.8) is 0 Å². The Morgan fingerprint density at radius 3 is 1.66 bits per heavy atom. The van der Waals surface area contributed by atoms with E-state index in [9.17, 15) is 9.59 Å². The summed E-state index contributed by atoms with van der Waals surface area (Å²) in [6.07, 6.45) is 1.92. The Morgan fingerprint density at radius 1 is 0.697 bits per heavy atom. The highest BCUT2D eigenvalue weighted by Gasteiger charge is 2.55. The van der Waals surface area contributed by atoms with Crippen LogP contribution in [0.3, 0.4) is 0 Å². The number of oxime groups is 1. The summed E-state index contributed by atoms with van der Waals surface area (Å²) >= 11 is 2.78. The molecule has 76 heavy (non-hydrogen) atoms. The summed E-state index contributed by atoms with van der Waals surface area (Å²) in [4.78, 5) is 57.8. The zero-order valence-electron chi connectivity index (χ0n) is 41.6. The highest BCUT2D eigenvalue weighted by Crippen LogP contribution is 2.48. The maximum absolute atomic E-state index is 15.4. The smallest absolute Gasteiger partial charge is 0.355 e. The van der Waals surface area contributed by atoms with Crippen LogP contribution in [-0.4, -0.2) is 57.7 Å². The summed E-state index contributed by atoms with van der Waals surface area (Å²) in [6.45, 7) is 4.37. The number of carbonyl (C=O) groups is 3. The van der Waals surface area contributed by atoms with Crippen molar-refractivity contribution in [2.75, 3.05) is 18.2 Å². The Bertz CT molecular complexity index is 3230. The van der Waals surface area contributed by atoms with E-state index >= 15 is 4.79 Å². The van der Waals surface area contributed by atoms with Gasteiger partial charge in [-0.1, -0.05) is 206 Å². The first-order chi connectivity index (χ1) is 37.3. The van der Waals surface area contributed by atoms with Crippen LogP contribution in [0.25, 0.3) is 0 Å². The number of carbonyl (C=O) groups excluding carboxylic acids is 3. The molecule has 8 aromatic rings. The fourth-order valence-corrected chi connectivity index (χ4v) is 12.2. The zero-order chi connectivity index (χ0) is 52.1. The van der Waals surface area contributed by atoms with E-state index in [-0.39, 0.29) is 29.6 Å². The van der Waals surface area contributed by atoms with E-state index in [0.717, 1.165) is 57.4 Å². The van der Waals surface area contributed by atoms with Crippen molar-refractivity contribution in [3.05, 3.63) is 280 Å². The minimum atomic E-state index is -1.36. The summed E-state index contributed by atoms with van der Waals surface area (Å²) in [5, 5.41) is 13.4. The number of esters is 1. The van der Waals surface area contributed by atoms with Crippen LogP contribution >= 0.6 is 23.1 Å². The summed E-state index contributed by atoms with van der Waals surface area (Å²) in [5.74, 6) is -0.487. The molecule has 378 valence electrons. The van der Waals surface area contributed by atoms with Gasteiger partial charge in [-0.2, -0.15) is 0 Å². The number of benzene rings is 7. The van der Waals surface area contributed by atoms with Gasteiger partial charge in [-0.05, 0) is 64.3 Å². The zero-order valence-corrected chi connectivity index (χ0v) is 43.2. The molecule has 1 saturated carbocycles. The van der Waals surface area contributed by atoms with Crippen LogP contribution in [0.4, 0.5) is 5.13 Å². The lowest BCUT2D eigenvalue weighted by Crippen LogP contribution is -2.71. The number of thiazole rings is 1. The van der Waals surface area contributed by atoms with E-state index in [2.05, 4.69) is 53.6 Å². The molecule has 2 fully saturated rings. The maximum atomic E-state index is 15.4. The Hall–Kier alpha value is -8.52. The Kier molecular flexibility index (Phi) is 14.2. The minimum absolute atomic E-state index is 0.0145. The number of nitrogens with zero attached hydrogens (tertiary/aromatic N) is 3. The predicted molar refractivity (Wildman–Crippen MR) is 298 cm³/mol. The van der Waals surface area contributed by atoms with Crippen LogP contribution in [0.1, 0.15) is 57.5 Å². The molecular formula is C63H53N5O6S2. The van der Waals surface area contributed by atoms with E-state index < -0.39 is 40.3 Å². The number of nitrogens with one attached hydrogen (secondary N) is 2. The number of rotatable bonds is 19. The lowest BCUT2D eigenvalue weighted by Gasteiger charge is -2.50. The quantitative estimate of drug-likeness (QED) is 0.0267. The van der Waals surface area contributed by atoms with Crippen LogP contribution in [0, 0.1) is 5.92 Å². The third kappa shape index (κ3) is 9.59. The molecule has 0 bridgehead atoms. The predicted octanol–water partition coefficient (Wildman–Crippen LogP) is 11.6. The molecule has 1 saturated heterocycles. The first-order valence-electron chi connectivity index (χ1n) is 25.1. The molecule has 0 spiro atoms. The molecule has 7 aromatic carbocycles. The SMILES string of the molecule is C=C(C1=C(C(=O)OCc2ccc(OC)cc2)N2C(=O)[C@@H](NC(=O)/C(=N\OC(c3ccccc3)(c3ccccc3)c3ccccc3)c3csc(NC(c4ccccc4)(c4ccccc4)c4ccccc4)n3)[C@@H]2SC1)C1CC1. The second kappa shape index (κ2) is 21.7. The average molecular weight is 1040 g/mol. The Labute approximate surface area is 450 Å². The van der Waals surface area contributed by atoms with E-state index in [1.54, 1.807) is 24.6 Å². The number of hydrogen-bond donors (Lipinski definition) is 2. The first-order valence-corrected chi connectivity index (χ1v) is 27.0. The monoisotopic (exact) mass is 1040 g/mol. The van der Waals surface area contributed by atoms with Crippen LogP contribution < -0.4 is 15.4 Å². The second-order valence-electron chi connectivity index (χ2n) is 18.7. The number of β-lactam (4-membered cyclic amide) rings is 1.